The van der Waals surface area contributed by atoms with Crippen LogP contribution in [0.5, 0.6) is 17.2 Å². The number of carbonyl (C=O) groups is 6. The molecule has 5 aromatic rings. The lowest BCUT2D eigenvalue weighted by molar-refractivity contribution is -0.179. The van der Waals surface area contributed by atoms with E-state index in [9.17, 15) is 14.7 Å². The Bertz CT molecular complexity index is 3090. The van der Waals surface area contributed by atoms with Gasteiger partial charge in [0.2, 0.25) is 11.8 Å². The molecule has 0 unspecified atom stereocenters. The first-order valence-electron chi connectivity index (χ1n) is 24.6. The van der Waals surface area contributed by atoms with Crippen molar-refractivity contribution in [3.8, 4) is 29.1 Å². The van der Waals surface area contributed by atoms with Gasteiger partial charge in [0.1, 0.15) is 36.0 Å². The second-order valence-electron chi connectivity index (χ2n) is 18.9. The van der Waals surface area contributed by atoms with E-state index in [1.54, 1.807) is 68.3 Å². The van der Waals surface area contributed by atoms with E-state index in [1.165, 1.54) is 20.3 Å². The summed E-state index contributed by atoms with van der Waals surface area (Å²) in [6.07, 6.45) is -0.649. The second kappa shape index (κ2) is 21.6. The number of ether oxygens (including phenoxy) is 5. The van der Waals surface area contributed by atoms with Crippen LogP contribution in [0.2, 0.25) is 0 Å². The summed E-state index contributed by atoms with van der Waals surface area (Å²) in [6.45, 7) is 2.95. The van der Waals surface area contributed by atoms with Gasteiger partial charge in [0.25, 0.3) is 0 Å². The molecule has 7 atom stereocenters. The number of fused-ring (bicyclic) bond motifs is 4. The Kier molecular flexibility index (Phi) is 14.8. The molecule has 4 aliphatic rings. The lowest BCUT2D eigenvalue weighted by Crippen LogP contribution is -2.58. The zero-order valence-electron chi connectivity index (χ0n) is 42.1. The third kappa shape index (κ3) is 9.22. The summed E-state index contributed by atoms with van der Waals surface area (Å²) < 4.78 is 29.4. The average molecular weight is 1020 g/mol. The minimum Gasteiger partial charge on any atom is -0.493 e. The number of anilines is 1. The molecule has 388 valence electrons. The Morgan fingerprint density at radius 3 is 2.16 bits per heavy atom. The average Bonchev–Trinajstić information content (AvgIpc) is 4.03. The number of urea groups is 2. The number of nitrogens with zero attached hydrogens (tertiary/aromatic N) is 3. The summed E-state index contributed by atoms with van der Waals surface area (Å²) in [5.41, 5.74) is 6.98. The van der Waals surface area contributed by atoms with E-state index >= 15 is 19.2 Å². The highest BCUT2D eigenvalue weighted by Gasteiger charge is 2.76. The maximum atomic E-state index is 17.0. The summed E-state index contributed by atoms with van der Waals surface area (Å²) in [5.74, 6) is 1.91. The van der Waals surface area contributed by atoms with Crippen molar-refractivity contribution in [1.29, 1.82) is 0 Å². The topological polar surface area (TPSA) is 229 Å². The van der Waals surface area contributed by atoms with E-state index in [-0.39, 0.29) is 49.8 Å². The molecular weight excluding hydrogens is 961 g/mol. The van der Waals surface area contributed by atoms with Crippen molar-refractivity contribution >= 4 is 41.5 Å². The summed E-state index contributed by atoms with van der Waals surface area (Å²) in [4.78, 5) is 94.1. The van der Waals surface area contributed by atoms with Crippen molar-refractivity contribution in [2.45, 2.75) is 62.5 Å². The van der Waals surface area contributed by atoms with Gasteiger partial charge in [0, 0.05) is 24.2 Å². The number of imide groups is 1. The standard InChI is InChI=1S/C57H58N6O12/c1-33(2)46(52(66)73-5)60-56(70)62-41-23-22-34(15-14-25-59-55(58)69)29-40(41)57(54(62)68)45(51(65)61-26-24-37-30-43(71-3)44(72-4)31-38(37)32-61)48-53(67)75-49(36-18-10-7-11-19-36)47(35-16-8-6-9-17-35)63(48)50(57)39-20-12-13-21-42(39)74-28-27-64/h6-13,16-23,29-31,33,45-50,64H,24-28,32H2,1-5H3,(H,60,70)(H3,58,59,69)/t45-,46+,47-,48-,49+,50+,57-/m1/s1. The minimum atomic E-state index is -2.23. The Balaban J connectivity index is 1.37. The molecule has 2 saturated heterocycles. The number of morpholine rings is 1. The number of nitrogens with two attached hydrogens (primary N) is 1. The number of hydrogen-bond acceptors (Lipinski definition) is 13. The number of primary amides is 1. The molecule has 6 amide bonds. The molecule has 4 aliphatic heterocycles. The van der Waals surface area contributed by atoms with Gasteiger partial charge < -0.3 is 50.1 Å². The van der Waals surface area contributed by atoms with Gasteiger partial charge in [-0.05, 0) is 76.6 Å². The molecule has 0 radical (unpaired) electrons. The molecule has 75 heavy (non-hydrogen) atoms. The highest BCUT2D eigenvalue weighted by atomic mass is 16.6. The van der Waals surface area contributed by atoms with Gasteiger partial charge in [-0.3, -0.25) is 19.3 Å². The van der Waals surface area contributed by atoms with Gasteiger partial charge in [-0.15, -0.1) is 0 Å². The van der Waals surface area contributed by atoms with Crippen LogP contribution in [-0.4, -0.2) is 110 Å². The first-order chi connectivity index (χ1) is 36.3. The third-order valence-corrected chi connectivity index (χ3v) is 14.5. The molecule has 5 aromatic carbocycles. The summed E-state index contributed by atoms with van der Waals surface area (Å²) in [6, 6.07) is 27.1. The summed E-state index contributed by atoms with van der Waals surface area (Å²) in [7, 11) is 4.25. The molecule has 18 nitrogen and oxygen atoms in total. The highest BCUT2D eigenvalue weighted by molar-refractivity contribution is 6.25. The molecule has 2 fully saturated rings. The Labute approximate surface area is 434 Å². The van der Waals surface area contributed by atoms with Crippen LogP contribution in [0.15, 0.2) is 115 Å². The van der Waals surface area contributed by atoms with E-state index in [0.29, 0.717) is 40.2 Å². The largest absolute Gasteiger partial charge is 0.493 e. The molecule has 18 heteroatoms. The Hall–Kier alpha value is -8.40. The number of cyclic esters (lactones) is 1. The van der Waals surface area contributed by atoms with E-state index in [1.807, 2.05) is 71.6 Å². The van der Waals surface area contributed by atoms with Crippen molar-refractivity contribution in [3.63, 3.8) is 0 Å². The molecule has 5 N–H and O–H groups in total. The second-order valence-corrected chi connectivity index (χ2v) is 18.9. The summed E-state index contributed by atoms with van der Waals surface area (Å²) >= 11 is 0. The highest BCUT2D eigenvalue weighted by Crippen LogP contribution is 2.67. The quantitative estimate of drug-likeness (QED) is 0.0874. The predicted octanol–water partition coefficient (Wildman–Crippen LogP) is 5.25. The fourth-order valence-corrected chi connectivity index (χ4v) is 11.3. The number of esters is 2. The van der Waals surface area contributed by atoms with E-state index in [4.69, 9.17) is 29.4 Å². The van der Waals surface area contributed by atoms with Crippen LogP contribution in [0.1, 0.15) is 71.0 Å². The van der Waals surface area contributed by atoms with Crippen LogP contribution in [-0.2, 0) is 47.0 Å². The molecule has 0 aromatic heterocycles. The Morgan fingerprint density at radius 1 is 0.840 bits per heavy atom. The fraction of sp³-hybridized carbons (Fsp3) is 0.333. The number of nitrogens with one attached hydrogen (secondary N) is 2. The first kappa shape index (κ1) is 51.5. The lowest BCUT2D eigenvalue weighted by atomic mass is 9.64. The predicted molar refractivity (Wildman–Crippen MR) is 273 cm³/mol. The van der Waals surface area contributed by atoms with Gasteiger partial charge in [-0.25, -0.2) is 19.3 Å². The molecular formula is C57H58N6O12. The molecule has 4 heterocycles. The van der Waals surface area contributed by atoms with Crippen molar-refractivity contribution in [3.05, 3.63) is 154 Å². The van der Waals surface area contributed by atoms with Gasteiger partial charge >= 0.3 is 24.0 Å². The maximum Gasteiger partial charge on any atom is 0.329 e. The number of aliphatic hydroxyl groups is 1. The maximum absolute atomic E-state index is 17.0. The number of amides is 6. The Morgan fingerprint density at radius 2 is 1.51 bits per heavy atom. The number of carbonyl (C=O) groups excluding carboxylic acids is 6. The smallest absolute Gasteiger partial charge is 0.329 e. The summed E-state index contributed by atoms with van der Waals surface area (Å²) in [5, 5.41) is 15.4. The molecule has 9 rings (SSSR count). The van der Waals surface area contributed by atoms with E-state index in [0.717, 1.165) is 16.0 Å². The van der Waals surface area contributed by atoms with Crippen LogP contribution < -0.4 is 35.5 Å². The van der Waals surface area contributed by atoms with Crippen molar-refractivity contribution in [1.82, 2.24) is 20.4 Å². The van der Waals surface area contributed by atoms with Crippen LogP contribution in [0.3, 0.4) is 0 Å². The SMILES string of the molecule is COC(=O)[C@@H](NC(=O)N1C(=O)[C@@]2(c3cc(C#CCNC(N)=O)ccc31)[C@H](c1ccccc1OCCO)N1[C@H](c3ccccc3)[C@H](c3ccccc3)OC(=O)[C@H]1[C@@H]2C(=O)N1CCc2cc(OC)c(OC)cc2C1)C(C)C. The van der Waals surface area contributed by atoms with Crippen LogP contribution in [0.25, 0.3) is 0 Å². The van der Waals surface area contributed by atoms with Crippen molar-refractivity contribution in [2.75, 3.05) is 52.5 Å². The molecule has 0 bridgehead atoms. The molecule has 0 saturated carbocycles. The number of para-hydroxylation sites is 1. The van der Waals surface area contributed by atoms with Crippen LogP contribution in [0.4, 0.5) is 15.3 Å². The molecule has 0 aliphatic carbocycles. The van der Waals surface area contributed by atoms with Gasteiger partial charge in [-0.1, -0.05) is 105 Å². The minimum absolute atomic E-state index is 0.0390. The van der Waals surface area contributed by atoms with E-state index < -0.39 is 83.3 Å². The number of hydrogen-bond donors (Lipinski definition) is 4. The lowest BCUT2D eigenvalue weighted by Gasteiger charge is -2.46. The fourth-order valence-electron chi connectivity index (χ4n) is 11.3. The number of methoxy groups -OCH3 is 3. The zero-order chi connectivity index (χ0) is 53.1. The van der Waals surface area contributed by atoms with Gasteiger partial charge in [-0.2, -0.15) is 0 Å². The van der Waals surface area contributed by atoms with Gasteiger partial charge in [0.05, 0.1) is 58.2 Å². The van der Waals surface area contributed by atoms with Crippen LogP contribution >= 0.6 is 0 Å². The monoisotopic (exact) mass is 1020 g/mol. The normalized spacial score (nSPS) is 21.9. The molecule has 1 spiro atoms. The number of rotatable bonds is 13. The first-order valence-corrected chi connectivity index (χ1v) is 24.6. The van der Waals surface area contributed by atoms with Crippen molar-refractivity contribution < 1.29 is 57.6 Å². The van der Waals surface area contributed by atoms with E-state index in [2.05, 4.69) is 22.5 Å². The third-order valence-electron chi connectivity index (χ3n) is 14.5. The van der Waals surface area contributed by atoms with Gasteiger partial charge in [0.15, 0.2) is 11.5 Å². The zero-order valence-corrected chi connectivity index (χ0v) is 42.1. The number of benzene rings is 5. The van der Waals surface area contributed by atoms with Crippen molar-refractivity contribution in [2.24, 2.45) is 17.6 Å². The van der Waals surface area contributed by atoms with Crippen LogP contribution in [0, 0.1) is 23.7 Å². The number of aliphatic hydroxyl groups excluding tert-OH is 1.